The molecule has 2 heterocycles. The van der Waals surface area contributed by atoms with Crippen LogP contribution in [0.1, 0.15) is 54.6 Å². The highest BCUT2D eigenvalue weighted by Crippen LogP contribution is 2.40. The highest BCUT2D eigenvalue weighted by atomic mass is 19.1. The molecule has 1 amide bonds. The Kier molecular flexibility index (Phi) is 6.57. The monoisotopic (exact) mass is 472 g/mol. The third-order valence-electron chi connectivity index (χ3n) is 6.48. The topological polar surface area (TPSA) is 70.5 Å². The number of aliphatic hydroxyl groups is 1. The molecule has 1 aliphatic rings. The molecule has 180 valence electrons. The summed E-state index contributed by atoms with van der Waals surface area (Å²) in [6.45, 7) is 8.33. The van der Waals surface area contributed by atoms with Crippen LogP contribution >= 0.6 is 0 Å². The zero-order valence-electron chi connectivity index (χ0n) is 20.4. The number of carbonyl (C=O) groups excluding carboxylic acids is 2. The first-order valence-electron chi connectivity index (χ1n) is 11.6. The number of pyridine rings is 1. The van der Waals surface area contributed by atoms with Gasteiger partial charge in [-0.05, 0) is 71.3 Å². The molecular weight excluding hydrogens is 443 g/mol. The first-order valence-corrected chi connectivity index (χ1v) is 11.6. The van der Waals surface area contributed by atoms with Gasteiger partial charge in [0.2, 0.25) is 0 Å². The summed E-state index contributed by atoms with van der Waals surface area (Å²) in [7, 11) is 0. The Morgan fingerprint density at radius 1 is 1.03 bits per heavy atom. The van der Waals surface area contributed by atoms with Crippen LogP contribution < -0.4 is 0 Å². The molecule has 35 heavy (non-hydrogen) atoms. The highest BCUT2D eigenvalue weighted by molar-refractivity contribution is 6.46. The maximum atomic E-state index is 13.3. The van der Waals surface area contributed by atoms with Gasteiger partial charge in [0.25, 0.3) is 11.7 Å². The fraction of sp³-hybridized carbons (Fsp3) is 0.276. The number of benzene rings is 2. The van der Waals surface area contributed by atoms with Crippen LogP contribution in [-0.2, 0) is 21.4 Å². The van der Waals surface area contributed by atoms with E-state index in [0.717, 1.165) is 16.7 Å². The number of likely N-dealkylation sites (tertiary alicyclic amines) is 1. The van der Waals surface area contributed by atoms with Gasteiger partial charge in [-0.3, -0.25) is 14.6 Å². The molecule has 1 aromatic heterocycles. The van der Waals surface area contributed by atoms with E-state index in [1.54, 1.807) is 36.7 Å². The molecule has 6 heteroatoms. The van der Waals surface area contributed by atoms with Crippen LogP contribution in [0, 0.1) is 12.7 Å². The molecule has 1 atom stereocenters. The molecule has 5 nitrogen and oxygen atoms in total. The quantitative estimate of drug-likeness (QED) is 0.303. The minimum absolute atomic E-state index is 0.0643. The van der Waals surface area contributed by atoms with Gasteiger partial charge >= 0.3 is 0 Å². The number of aromatic nitrogens is 1. The maximum Gasteiger partial charge on any atom is 0.295 e. The average Bonchev–Trinajstić information content (AvgIpc) is 3.08. The summed E-state index contributed by atoms with van der Waals surface area (Å²) < 4.78 is 13.3. The number of nitrogens with zero attached hydrogens (tertiary/aromatic N) is 2. The lowest BCUT2D eigenvalue weighted by molar-refractivity contribution is -0.139. The van der Waals surface area contributed by atoms with Crippen molar-refractivity contribution >= 4 is 17.4 Å². The second-order valence-corrected chi connectivity index (χ2v) is 9.93. The first-order chi connectivity index (χ1) is 16.6. The van der Waals surface area contributed by atoms with E-state index in [-0.39, 0.29) is 29.1 Å². The van der Waals surface area contributed by atoms with E-state index in [9.17, 15) is 19.1 Å². The molecule has 0 spiro atoms. The molecule has 1 saturated heterocycles. The van der Waals surface area contributed by atoms with Gasteiger partial charge in [0, 0.05) is 24.5 Å². The van der Waals surface area contributed by atoms with Crippen LogP contribution in [-0.4, -0.2) is 33.2 Å². The molecule has 1 unspecified atom stereocenters. The van der Waals surface area contributed by atoms with Crippen molar-refractivity contribution in [3.05, 3.63) is 106 Å². The van der Waals surface area contributed by atoms with Crippen LogP contribution in [0.3, 0.4) is 0 Å². The molecule has 0 bridgehead atoms. The standard InChI is InChI=1S/C29H29FN2O3/c1-18-5-8-21(29(2,3)4)17-23(18)26(33)24-25(20-11-14-31-15-12-20)32(28(35)27(24)34)16-13-19-6-9-22(30)10-7-19/h5-12,14-15,17,25,33H,13,16H2,1-4H3/b26-24+. The zero-order valence-corrected chi connectivity index (χ0v) is 20.4. The van der Waals surface area contributed by atoms with E-state index in [0.29, 0.717) is 17.5 Å². The molecule has 0 saturated carbocycles. The summed E-state index contributed by atoms with van der Waals surface area (Å²) >= 11 is 0. The van der Waals surface area contributed by atoms with Crippen molar-refractivity contribution in [3.63, 3.8) is 0 Å². The van der Waals surface area contributed by atoms with Crippen molar-refractivity contribution in [1.82, 2.24) is 9.88 Å². The predicted octanol–water partition coefficient (Wildman–Crippen LogP) is 5.49. The fourth-order valence-electron chi connectivity index (χ4n) is 4.39. The summed E-state index contributed by atoms with van der Waals surface area (Å²) in [5.74, 6) is -1.90. The lowest BCUT2D eigenvalue weighted by Gasteiger charge is -2.26. The molecule has 0 radical (unpaired) electrons. The number of halogens is 1. The van der Waals surface area contributed by atoms with Gasteiger partial charge in [-0.2, -0.15) is 0 Å². The van der Waals surface area contributed by atoms with Crippen LogP contribution in [0.4, 0.5) is 4.39 Å². The largest absolute Gasteiger partial charge is 0.507 e. The summed E-state index contributed by atoms with van der Waals surface area (Å²) in [6, 6.07) is 14.6. The molecule has 3 aromatic rings. The number of carbonyl (C=O) groups is 2. The van der Waals surface area contributed by atoms with Crippen LogP contribution in [0.5, 0.6) is 0 Å². The van der Waals surface area contributed by atoms with E-state index >= 15 is 0 Å². The van der Waals surface area contributed by atoms with Gasteiger partial charge in [-0.15, -0.1) is 0 Å². The van der Waals surface area contributed by atoms with Crippen LogP contribution in [0.15, 0.2) is 72.6 Å². The van der Waals surface area contributed by atoms with E-state index in [4.69, 9.17) is 0 Å². The molecular formula is C29H29FN2O3. The van der Waals surface area contributed by atoms with Gasteiger partial charge in [0.15, 0.2) is 0 Å². The van der Waals surface area contributed by atoms with Gasteiger partial charge < -0.3 is 10.0 Å². The van der Waals surface area contributed by atoms with Gasteiger partial charge in [0.1, 0.15) is 11.6 Å². The van der Waals surface area contributed by atoms with Crippen molar-refractivity contribution < 1.29 is 19.1 Å². The number of aryl methyl sites for hydroxylation is 1. The smallest absolute Gasteiger partial charge is 0.295 e. The molecule has 1 N–H and O–H groups in total. The normalized spacial score (nSPS) is 17.7. The Bertz CT molecular complexity index is 1290. The second-order valence-electron chi connectivity index (χ2n) is 9.93. The van der Waals surface area contributed by atoms with Gasteiger partial charge in [-0.25, -0.2) is 4.39 Å². The van der Waals surface area contributed by atoms with Crippen molar-refractivity contribution in [2.24, 2.45) is 0 Å². The average molecular weight is 473 g/mol. The Hall–Kier alpha value is -3.80. The van der Waals surface area contributed by atoms with E-state index in [1.165, 1.54) is 17.0 Å². The zero-order chi connectivity index (χ0) is 25.3. The fourth-order valence-corrected chi connectivity index (χ4v) is 4.39. The van der Waals surface area contributed by atoms with Crippen LogP contribution in [0.25, 0.3) is 5.76 Å². The van der Waals surface area contributed by atoms with Crippen molar-refractivity contribution in [3.8, 4) is 0 Å². The lowest BCUT2D eigenvalue weighted by Crippen LogP contribution is -2.31. The molecule has 1 aliphatic heterocycles. The summed E-state index contributed by atoms with van der Waals surface area (Å²) in [5, 5.41) is 11.5. The number of amides is 1. The lowest BCUT2D eigenvalue weighted by atomic mass is 9.84. The van der Waals surface area contributed by atoms with E-state index in [1.807, 2.05) is 25.1 Å². The van der Waals surface area contributed by atoms with Crippen molar-refractivity contribution in [1.29, 1.82) is 0 Å². The molecule has 2 aromatic carbocycles. The number of Topliss-reactive ketones (excluding diaryl/α,β-unsaturated/α-hetero) is 1. The SMILES string of the molecule is Cc1ccc(C(C)(C)C)cc1/C(O)=C1\C(=O)C(=O)N(CCc2ccc(F)cc2)C1c1ccncc1. The summed E-state index contributed by atoms with van der Waals surface area (Å²) in [6.07, 6.45) is 3.63. The Balaban J connectivity index is 1.81. The van der Waals surface area contributed by atoms with Gasteiger partial charge in [0.05, 0.1) is 11.6 Å². The number of ketones is 1. The number of hydrogen-bond donors (Lipinski definition) is 1. The molecule has 1 fully saturated rings. The second kappa shape index (κ2) is 9.45. The minimum atomic E-state index is -0.754. The highest BCUT2D eigenvalue weighted by Gasteiger charge is 2.46. The van der Waals surface area contributed by atoms with E-state index < -0.39 is 17.7 Å². The Morgan fingerprint density at radius 2 is 1.69 bits per heavy atom. The number of aliphatic hydroxyl groups excluding tert-OH is 1. The van der Waals surface area contributed by atoms with Crippen molar-refractivity contribution in [2.75, 3.05) is 6.54 Å². The number of hydrogen-bond acceptors (Lipinski definition) is 4. The summed E-state index contributed by atoms with van der Waals surface area (Å²) in [4.78, 5) is 32.0. The van der Waals surface area contributed by atoms with Crippen LogP contribution in [0.2, 0.25) is 0 Å². The third kappa shape index (κ3) is 4.87. The number of rotatable bonds is 5. The predicted molar refractivity (Wildman–Crippen MR) is 133 cm³/mol. The van der Waals surface area contributed by atoms with Gasteiger partial charge in [-0.1, -0.05) is 45.0 Å². The third-order valence-corrected chi connectivity index (χ3v) is 6.48. The Morgan fingerprint density at radius 3 is 2.31 bits per heavy atom. The van der Waals surface area contributed by atoms with E-state index in [2.05, 4.69) is 25.8 Å². The molecule has 4 rings (SSSR count). The van der Waals surface area contributed by atoms with Crippen molar-refractivity contribution in [2.45, 2.75) is 45.6 Å². The summed E-state index contributed by atoms with van der Waals surface area (Å²) in [5.41, 5.74) is 3.79. The minimum Gasteiger partial charge on any atom is -0.507 e. The molecule has 0 aliphatic carbocycles. The first kappa shape index (κ1) is 24.3. The Labute approximate surface area is 204 Å². The maximum absolute atomic E-state index is 13.3.